The first kappa shape index (κ1) is 25.1. The zero-order valence-electron chi connectivity index (χ0n) is 18.0. The molecule has 0 spiro atoms. The number of hydrogen-bond acceptors (Lipinski definition) is 4. The van der Waals surface area contributed by atoms with E-state index in [1.807, 2.05) is 42.5 Å². The molecule has 170 valence electrons. The van der Waals surface area contributed by atoms with Crippen LogP contribution in [0.1, 0.15) is 29.7 Å². The Balaban J connectivity index is 2.04. The summed E-state index contributed by atoms with van der Waals surface area (Å²) in [6, 6.07) is 18.2. The first-order valence-electron chi connectivity index (χ1n) is 10.0. The minimum Gasteiger partial charge on any atom is -0.288 e. The molecular formula is C22H18Br2N10. The van der Waals surface area contributed by atoms with Crippen molar-refractivity contribution in [3.8, 4) is 0 Å². The number of azide groups is 3. The Bertz CT molecular complexity index is 1270. The molecule has 34 heavy (non-hydrogen) atoms. The van der Waals surface area contributed by atoms with E-state index in [2.05, 4.69) is 73.8 Å². The summed E-state index contributed by atoms with van der Waals surface area (Å²) < 4.78 is 1.76. The average Bonchev–Trinajstić information content (AvgIpc) is 2.83. The maximum atomic E-state index is 8.83. The topological polar surface area (TPSA) is 150 Å². The van der Waals surface area contributed by atoms with Gasteiger partial charge in [0.1, 0.15) is 0 Å². The van der Waals surface area contributed by atoms with Gasteiger partial charge in [-0.15, -0.1) is 0 Å². The highest BCUT2D eigenvalue weighted by Gasteiger charge is 2.20. The van der Waals surface area contributed by atoms with E-state index in [-0.39, 0.29) is 6.04 Å². The average molecular weight is 582 g/mol. The number of halogens is 2. The lowest BCUT2D eigenvalue weighted by Gasteiger charge is -2.31. The minimum absolute atomic E-state index is 0.0844. The highest BCUT2D eigenvalue weighted by atomic mass is 79.9. The Morgan fingerprint density at radius 2 is 1.21 bits per heavy atom. The maximum absolute atomic E-state index is 8.83. The third kappa shape index (κ3) is 6.52. The van der Waals surface area contributed by atoms with Crippen molar-refractivity contribution in [3.05, 3.63) is 118 Å². The summed E-state index contributed by atoms with van der Waals surface area (Å²) in [7, 11) is 0. The molecule has 0 radical (unpaired) electrons. The lowest BCUT2D eigenvalue weighted by atomic mass is 10.0. The fourth-order valence-corrected chi connectivity index (χ4v) is 4.21. The Morgan fingerprint density at radius 3 is 1.68 bits per heavy atom. The smallest absolute Gasteiger partial charge is 0.0379 e. The molecule has 0 heterocycles. The van der Waals surface area contributed by atoms with Crippen LogP contribution >= 0.6 is 31.9 Å². The summed E-state index contributed by atoms with van der Waals surface area (Å²) in [5.41, 5.74) is 30.9. The Hall–Kier alpha value is -3.49. The number of nitrogens with zero attached hydrogens (tertiary/aromatic N) is 10. The fourth-order valence-electron chi connectivity index (χ4n) is 3.47. The van der Waals surface area contributed by atoms with Crippen LogP contribution in [0.3, 0.4) is 0 Å². The molecule has 3 rings (SSSR count). The quantitative estimate of drug-likeness (QED) is 0.138. The van der Waals surface area contributed by atoms with Gasteiger partial charge in [0.25, 0.3) is 0 Å². The molecule has 0 aliphatic rings. The van der Waals surface area contributed by atoms with Gasteiger partial charge in [0.2, 0.25) is 0 Å². The van der Waals surface area contributed by atoms with Crippen molar-refractivity contribution in [3.63, 3.8) is 0 Å². The second-order valence-corrected chi connectivity index (χ2v) is 9.00. The maximum Gasteiger partial charge on any atom is 0.0379 e. The Morgan fingerprint density at radius 1 is 0.735 bits per heavy atom. The Kier molecular flexibility index (Phi) is 8.95. The lowest BCUT2D eigenvalue weighted by molar-refractivity contribution is 0.191. The molecule has 1 atom stereocenters. The van der Waals surface area contributed by atoms with Gasteiger partial charge < -0.3 is 0 Å². The number of rotatable bonds is 9. The van der Waals surface area contributed by atoms with E-state index in [1.54, 1.807) is 18.2 Å². The second-order valence-electron chi connectivity index (χ2n) is 7.30. The third-order valence-electron chi connectivity index (χ3n) is 5.19. The van der Waals surface area contributed by atoms with Crippen LogP contribution in [0, 0.1) is 0 Å². The predicted molar refractivity (Wildman–Crippen MR) is 139 cm³/mol. The molecule has 12 heteroatoms. The van der Waals surface area contributed by atoms with Gasteiger partial charge >= 0.3 is 0 Å². The molecule has 10 nitrogen and oxygen atoms in total. The van der Waals surface area contributed by atoms with Crippen LogP contribution in [0.15, 0.2) is 85.0 Å². The lowest BCUT2D eigenvalue weighted by Crippen LogP contribution is -2.26. The normalized spacial score (nSPS) is 11.2. The summed E-state index contributed by atoms with van der Waals surface area (Å²) in [4.78, 5) is 10.9. The van der Waals surface area contributed by atoms with E-state index < -0.39 is 0 Å². The van der Waals surface area contributed by atoms with Crippen LogP contribution in [-0.2, 0) is 13.1 Å². The molecule has 0 fully saturated rings. The van der Waals surface area contributed by atoms with Crippen LogP contribution in [0.25, 0.3) is 31.3 Å². The summed E-state index contributed by atoms with van der Waals surface area (Å²) in [6.07, 6.45) is 0. The van der Waals surface area contributed by atoms with E-state index in [9.17, 15) is 0 Å². The number of hydrogen-bond donors (Lipinski definition) is 0. The van der Waals surface area contributed by atoms with Gasteiger partial charge in [-0.3, -0.25) is 4.90 Å². The van der Waals surface area contributed by atoms with Gasteiger partial charge in [-0.05, 0) is 70.5 Å². The molecule has 3 aromatic rings. The monoisotopic (exact) mass is 580 g/mol. The van der Waals surface area contributed by atoms with Gasteiger partial charge in [-0.2, -0.15) is 0 Å². The van der Waals surface area contributed by atoms with Crippen LogP contribution in [0.4, 0.5) is 17.1 Å². The zero-order valence-corrected chi connectivity index (χ0v) is 21.2. The predicted octanol–water partition coefficient (Wildman–Crippen LogP) is 9.80. The van der Waals surface area contributed by atoms with Crippen LogP contribution in [0.2, 0.25) is 0 Å². The highest BCUT2D eigenvalue weighted by Crippen LogP contribution is 2.33. The minimum atomic E-state index is -0.0844. The highest BCUT2D eigenvalue weighted by molar-refractivity contribution is 9.10. The second kappa shape index (κ2) is 12.1. The molecule has 0 aromatic heterocycles. The van der Waals surface area contributed by atoms with Crippen molar-refractivity contribution in [2.24, 2.45) is 15.3 Å². The summed E-state index contributed by atoms with van der Waals surface area (Å²) in [6.45, 7) is 3.09. The molecule has 0 bridgehead atoms. The SMILES string of the molecule is CC(c1cccc(N=[N+]=[N-])c1)N(Cc1cc(N=[N+]=[N-])ccc1Br)Cc1cc(N=[N+]=[N-])ccc1Br. The van der Waals surface area contributed by atoms with E-state index in [0.717, 1.165) is 25.6 Å². The van der Waals surface area contributed by atoms with E-state index in [1.165, 1.54) is 0 Å². The molecule has 1 unspecified atom stereocenters. The van der Waals surface area contributed by atoms with Gasteiger partial charge in [-0.1, -0.05) is 77.5 Å². The van der Waals surface area contributed by atoms with Gasteiger partial charge in [0.15, 0.2) is 0 Å². The van der Waals surface area contributed by atoms with Crippen molar-refractivity contribution in [1.29, 1.82) is 0 Å². The molecule has 3 aromatic carbocycles. The van der Waals surface area contributed by atoms with Crippen molar-refractivity contribution < 1.29 is 0 Å². The zero-order chi connectivity index (χ0) is 24.5. The van der Waals surface area contributed by atoms with Crippen LogP contribution < -0.4 is 0 Å². The largest absolute Gasteiger partial charge is 0.288 e. The first-order valence-corrected chi connectivity index (χ1v) is 11.6. The summed E-state index contributed by atoms with van der Waals surface area (Å²) in [5, 5.41) is 11.2. The third-order valence-corrected chi connectivity index (χ3v) is 6.73. The van der Waals surface area contributed by atoms with Crippen molar-refractivity contribution in [1.82, 2.24) is 4.90 Å². The Labute approximate surface area is 212 Å². The molecule has 0 N–H and O–H groups in total. The van der Waals surface area contributed by atoms with Gasteiger partial charge in [0.05, 0.1) is 0 Å². The van der Waals surface area contributed by atoms with Gasteiger partial charge in [0, 0.05) is 59.9 Å². The number of benzene rings is 3. The molecule has 0 aliphatic heterocycles. The van der Waals surface area contributed by atoms with Crippen molar-refractivity contribution >= 4 is 48.9 Å². The first-order chi connectivity index (χ1) is 16.4. The standard InChI is InChI=1S/C22H18Br2N10/c1-14(15-3-2-4-18(9-15)28-31-25)34(12-16-10-19(29-32-26)5-7-21(16)23)13-17-11-20(30-33-27)6-8-22(17)24/h2-11,14H,12-13H2,1H3. The van der Waals surface area contributed by atoms with E-state index >= 15 is 0 Å². The van der Waals surface area contributed by atoms with Crippen molar-refractivity contribution in [2.45, 2.75) is 26.1 Å². The van der Waals surface area contributed by atoms with E-state index in [0.29, 0.717) is 30.2 Å². The van der Waals surface area contributed by atoms with Crippen LogP contribution in [-0.4, -0.2) is 4.90 Å². The molecule has 0 amide bonds. The van der Waals surface area contributed by atoms with Gasteiger partial charge in [-0.25, -0.2) is 0 Å². The van der Waals surface area contributed by atoms with E-state index in [4.69, 9.17) is 16.6 Å². The van der Waals surface area contributed by atoms with Crippen molar-refractivity contribution in [2.75, 3.05) is 0 Å². The summed E-state index contributed by atoms with van der Waals surface area (Å²) >= 11 is 7.20. The molecular weight excluding hydrogens is 564 g/mol. The fraction of sp³-hybridized carbons (Fsp3) is 0.182. The molecule has 0 saturated heterocycles. The molecule has 0 saturated carbocycles. The summed E-state index contributed by atoms with van der Waals surface area (Å²) in [5.74, 6) is 0. The van der Waals surface area contributed by atoms with Crippen LogP contribution in [0.5, 0.6) is 0 Å². The molecule has 0 aliphatic carbocycles.